The van der Waals surface area contributed by atoms with Crippen LogP contribution in [0.15, 0.2) is 114 Å². The number of carbonyl (C=O) groups excluding carboxylic acids is 10. The molecule has 2 fully saturated rings. The maximum absolute atomic E-state index is 15.0. The number of anilines is 3. The average Bonchev–Trinajstić information content (AvgIpc) is 1.50. The SMILES string of the molecule is C=C1C[C@@H](CO[Si](C)(C)C(C)(C)C)N(C(=O)c2cc(OC)c(OCCCCCOc3cc(NC(=O)OCc4ccc(SSC(C)(C)C)cc4)c(C(=O)N4CC(=C)C[C@H]4CO[Si](C)(C)C(C)(C)C)cc3OC)cc2NC(=O)OCc2ccc(NC(=O)[C@H](CCCNC(N)=O)NC(=O)[C@@H](NC(=O)CCCCCN3C(=O)C=CC3=O)C(C)C)cc2)C1. The number of methoxy groups -OCH3 is 2. The highest BCUT2D eigenvalue weighted by atomic mass is 33.1. The van der Waals surface area contributed by atoms with Crippen molar-refractivity contribution in [3.8, 4) is 23.0 Å². The van der Waals surface area contributed by atoms with Gasteiger partial charge in [-0.1, -0.05) is 153 Å². The van der Waals surface area contributed by atoms with Crippen molar-refractivity contribution in [2.45, 2.75) is 230 Å². The van der Waals surface area contributed by atoms with E-state index in [0.29, 0.717) is 75.8 Å². The fourth-order valence-electron chi connectivity index (χ4n) is 12.4. The summed E-state index contributed by atoms with van der Waals surface area (Å²) >= 11 is 0. The maximum Gasteiger partial charge on any atom is 0.411 e. The molecule has 0 bridgehead atoms. The number of nitrogens with zero attached hydrogens (tertiary/aromatic N) is 3. The molecular weight excluding hydrogens is 1580 g/mol. The lowest BCUT2D eigenvalue weighted by atomic mass is 10.0. The van der Waals surface area contributed by atoms with E-state index in [-0.39, 0.29) is 168 Å². The molecule has 2 saturated heterocycles. The number of hydrogen-bond acceptors (Lipinski definition) is 20. The molecule has 118 heavy (non-hydrogen) atoms. The highest BCUT2D eigenvalue weighted by molar-refractivity contribution is 8.77. The first-order valence-electron chi connectivity index (χ1n) is 40.3. The van der Waals surface area contributed by atoms with E-state index in [1.165, 1.54) is 38.5 Å². The van der Waals surface area contributed by atoms with Crippen LogP contribution in [0, 0.1) is 5.92 Å². The van der Waals surface area contributed by atoms with E-state index in [0.717, 1.165) is 26.5 Å². The van der Waals surface area contributed by atoms with E-state index in [2.05, 4.69) is 134 Å². The van der Waals surface area contributed by atoms with E-state index in [1.807, 2.05) is 24.3 Å². The summed E-state index contributed by atoms with van der Waals surface area (Å²) in [5.41, 5.74) is 9.14. The summed E-state index contributed by atoms with van der Waals surface area (Å²) in [5, 5.41) is 16.4. The third-order valence-electron chi connectivity index (χ3n) is 21.3. The van der Waals surface area contributed by atoms with Crippen molar-refractivity contribution in [1.82, 2.24) is 30.7 Å². The minimum atomic E-state index is -2.26. The minimum absolute atomic E-state index is 0.0251. The first-order chi connectivity index (χ1) is 55.5. The molecule has 11 amide bonds. The Morgan fingerprint density at radius 2 is 1.05 bits per heavy atom. The number of primary amides is 1. The third-order valence-corrected chi connectivity index (χ3v) is 33.7. The smallest absolute Gasteiger partial charge is 0.411 e. The van der Waals surface area contributed by atoms with Crippen molar-refractivity contribution in [2.24, 2.45) is 11.7 Å². The second-order valence-corrected chi connectivity index (χ2v) is 47.0. The summed E-state index contributed by atoms with van der Waals surface area (Å²) in [6, 6.07) is 16.9. The molecule has 3 heterocycles. The summed E-state index contributed by atoms with van der Waals surface area (Å²) < 4.78 is 49.4. The van der Waals surface area contributed by atoms with Gasteiger partial charge in [0.15, 0.2) is 39.6 Å². The van der Waals surface area contributed by atoms with Crippen LogP contribution in [-0.4, -0.2) is 187 Å². The lowest BCUT2D eigenvalue weighted by Gasteiger charge is -2.38. The van der Waals surface area contributed by atoms with E-state index >= 15 is 4.79 Å². The van der Waals surface area contributed by atoms with Crippen molar-refractivity contribution in [3.05, 3.63) is 132 Å². The molecule has 8 N–H and O–H groups in total. The maximum atomic E-state index is 15.0. The van der Waals surface area contributed by atoms with Gasteiger partial charge < -0.3 is 74.1 Å². The number of benzene rings is 4. The largest absolute Gasteiger partial charge is 0.493 e. The average molecular weight is 1710 g/mol. The number of imide groups is 1. The molecule has 0 aliphatic carbocycles. The van der Waals surface area contributed by atoms with Crippen LogP contribution in [0.25, 0.3) is 0 Å². The number of carbonyl (C=O) groups is 10. The molecule has 0 saturated carbocycles. The van der Waals surface area contributed by atoms with E-state index in [1.54, 1.807) is 81.6 Å². The number of amides is 11. The van der Waals surface area contributed by atoms with Gasteiger partial charge in [-0.15, -0.1) is 0 Å². The Labute approximate surface area is 705 Å². The van der Waals surface area contributed by atoms with Crippen LogP contribution < -0.4 is 56.6 Å². The molecule has 32 heteroatoms. The Bertz CT molecular complexity index is 4240. The molecule has 4 aromatic carbocycles. The minimum Gasteiger partial charge on any atom is -0.493 e. The van der Waals surface area contributed by atoms with Crippen molar-refractivity contribution in [1.29, 1.82) is 0 Å². The number of rotatable bonds is 42. The number of nitrogens with two attached hydrogens (primary N) is 1. The van der Waals surface area contributed by atoms with E-state index in [4.69, 9.17) is 43.0 Å². The van der Waals surface area contributed by atoms with Crippen LogP contribution in [0.5, 0.6) is 23.0 Å². The van der Waals surface area contributed by atoms with Crippen molar-refractivity contribution < 1.29 is 85.2 Å². The van der Waals surface area contributed by atoms with Crippen molar-refractivity contribution in [2.75, 3.05) is 82.8 Å². The lowest BCUT2D eigenvalue weighted by Crippen LogP contribution is -2.54. The lowest BCUT2D eigenvalue weighted by molar-refractivity contribution is -0.137. The van der Waals surface area contributed by atoms with Gasteiger partial charge in [0.2, 0.25) is 17.7 Å². The number of nitrogens with one attached hydrogen (secondary N) is 6. The van der Waals surface area contributed by atoms with Crippen LogP contribution in [-0.2, 0) is 55.5 Å². The molecule has 3 aliphatic rings. The van der Waals surface area contributed by atoms with Gasteiger partial charge in [0.25, 0.3) is 23.6 Å². The number of unbranched alkanes of at least 4 members (excludes halogenated alkanes) is 4. The molecule has 4 aromatic rings. The Balaban J connectivity index is 1.02. The summed E-state index contributed by atoms with van der Waals surface area (Å²) in [5.74, 6) is -2.51. The number of ether oxygens (including phenoxy) is 6. The first-order valence-corrected chi connectivity index (χ1v) is 48.2. The number of hydrogen-bond donors (Lipinski definition) is 7. The van der Waals surface area contributed by atoms with Crippen LogP contribution in [0.3, 0.4) is 0 Å². The van der Waals surface area contributed by atoms with Gasteiger partial charge in [0.05, 0.1) is 75.2 Å². The Morgan fingerprint density at radius 1 is 0.585 bits per heavy atom. The monoisotopic (exact) mass is 1700 g/mol. The topological polar surface area (TPSA) is 352 Å². The predicted molar refractivity (Wildman–Crippen MR) is 466 cm³/mol. The zero-order valence-corrected chi connectivity index (χ0v) is 75.5. The van der Waals surface area contributed by atoms with Gasteiger partial charge in [-0.3, -0.25) is 49.1 Å². The first kappa shape index (κ1) is 95.8. The van der Waals surface area contributed by atoms with Gasteiger partial charge in [0.1, 0.15) is 25.3 Å². The molecule has 28 nitrogen and oxygen atoms in total. The van der Waals surface area contributed by atoms with Crippen LogP contribution in [0.2, 0.25) is 36.3 Å². The van der Waals surface area contributed by atoms with Gasteiger partial charge in [-0.05, 0) is 147 Å². The zero-order valence-electron chi connectivity index (χ0n) is 71.8. The Morgan fingerprint density at radius 3 is 1.49 bits per heavy atom. The quantitative estimate of drug-likeness (QED) is 0.00712. The molecule has 4 atom stereocenters. The molecule has 646 valence electrons. The summed E-state index contributed by atoms with van der Waals surface area (Å²) in [7, 11) is 1.90. The highest BCUT2D eigenvalue weighted by Gasteiger charge is 2.43. The summed E-state index contributed by atoms with van der Waals surface area (Å²) in [6.07, 6.45) is 5.35. The standard InChI is InChI=1S/C86H124N10O18S2Si2/c1-55(2)76(93-73(97)28-22-20-23-40-94-74(98)37-38-75(94)99)78(101)90-66(27-26-39-88-81(87)104)77(100)89-60-33-29-58(30-34-60)51-111-82(105)91-67-47-71(69(107-14)45-64(67)79(102)95-49-56(3)43-61(95)53-113-117(16,17)85(8,9)10)109-41-24-21-25-42-110-72-48-68(92-83(106)112-52-59-31-35-63(36-32-59)115-116-84(5,6)7)65(46-70(72)108-15)80(103)96-50-57(4)44-62(96)54-114-118(18,19)86(11,12)13/h29-38,45-48,55,61-62,66,76H,3-4,20-28,39-44,49-54H2,1-2,5-19H3,(H,89,100)(H,90,101)(H,91,105)(H,92,106)(H,93,97)(H3,87,88,104)/t61-,62-,66-,76-/m0/s1. The van der Waals surface area contributed by atoms with Gasteiger partial charge in [0, 0.05) is 72.2 Å². The summed E-state index contributed by atoms with van der Waals surface area (Å²) in [6.45, 7) is 41.6. The van der Waals surface area contributed by atoms with Crippen LogP contribution in [0.1, 0.15) is 179 Å². The molecule has 0 spiro atoms. The van der Waals surface area contributed by atoms with Crippen LogP contribution in [0.4, 0.5) is 31.4 Å². The molecule has 7 rings (SSSR count). The van der Waals surface area contributed by atoms with Crippen molar-refractivity contribution in [3.63, 3.8) is 0 Å². The molecule has 0 unspecified atom stereocenters. The van der Waals surface area contributed by atoms with Crippen LogP contribution >= 0.6 is 21.6 Å². The fourth-order valence-corrected chi connectivity index (χ4v) is 16.4. The third kappa shape index (κ3) is 29.0. The fraction of sp³-hybridized carbons (Fsp3) is 0.535. The zero-order chi connectivity index (χ0) is 87.0. The molecule has 0 radical (unpaired) electrons. The van der Waals surface area contributed by atoms with Gasteiger partial charge >= 0.3 is 18.2 Å². The molecule has 3 aliphatic heterocycles. The van der Waals surface area contributed by atoms with Gasteiger partial charge in [-0.25, -0.2) is 14.4 Å². The van der Waals surface area contributed by atoms with E-state index < -0.39 is 70.6 Å². The summed E-state index contributed by atoms with van der Waals surface area (Å²) in [4.78, 5) is 140. The Kier molecular flexibility index (Phi) is 35.4. The second-order valence-electron chi connectivity index (χ2n) is 34.3. The number of likely N-dealkylation sites (tertiary alicyclic amines) is 2. The normalized spacial score (nSPS) is 15.7. The van der Waals surface area contributed by atoms with Crippen molar-refractivity contribution >= 4 is 115 Å². The number of urea groups is 1. The molecule has 0 aromatic heterocycles. The van der Waals surface area contributed by atoms with Gasteiger partial charge in [-0.2, -0.15) is 0 Å². The predicted octanol–water partition coefficient (Wildman–Crippen LogP) is 15.5. The highest BCUT2D eigenvalue weighted by Crippen LogP contribution is 2.43. The van der Waals surface area contributed by atoms with E-state index in [9.17, 15) is 43.2 Å². The second kappa shape index (κ2) is 43.6. The molecular formula is C86H124N10O18S2Si2. The Hall–Kier alpha value is -9.35.